The molecule has 1 aromatic carbocycles. The zero-order valence-corrected chi connectivity index (χ0v) is 14.6. The van der Waals surface area contributed by atoms with Crippen LogP contribution in [0.5, 0.6) is 0 Å². The molecule has 0 saturated carbocycles. The van der Waals surface area contributed by atoms with E-state index in [2.05, 4.69) is 46.2 Å². The van der Waals surface area contributed by atoms with Gasteiger partial charge < -0.3 is 10.3 Å². The lowest BCUT2D eigenvalue weighted by molar-refractivity contribution is 0.0954. The minimum Gasteiger partial charge on any atom is -0.352 e. The Labute approximate surface area is 147 Å². The second kappa shape index (κ2) is 7.93. The number of nitrogens with one attached hydrogen (secondary N) is 2. The molecule has 6 heteroatoms. The summed E-state index contributed by atoms with van der Waals surface area (Å²) in [6.07, 6.45) is 4.02. The molecule has 126 valence electrons. The Balaban J connectivity index is 0.00000208. The molecule has 0 aliphatic heterocycles. The number of aromatic amines is 1. The molecular weight excluding hydrogens is 324 g/mol. The zero-order chi connectivity index (χ0) is 16.2. The van der Waals surface area contributed by atoms with Crippen LogP contribution in [0.3, 0.4) is 0 Å². The van der Waals surface area contributed by atoms with Crippen LogP contribution >= 0.6 is 12.4 Å². The topological polar surface area (TPSA) is 70.7 Å². The van der Waals surface area contributed by atoms with Crippen molar-refractivity contribution in [3.8, 4) is 0 Å². The second-order valence-electron chi connectivity index (χ2n) is 5.87. The number of nitrogens with zero attached hydrogens (tertiary/aromatic N) is 2. The van der Waals surface area contributed by atoms with E-state index >= 15 is 0 Å². The summed E-state index contributed by atoms with van der Waals surface area (Å²) in [5.41, 5.74) is 3.84. The first kappa shape index (κ1) is 17.9. The summed E-state index contributed by atoms with van der Waals surface area (Å²) in [4.78, 5) is 23.8. The highest BCUT2D eigenvalue weighted by Gasteiger charge is 2.07. The Bertz CT molecular complexity index is 814. The summed E-state index contributed by atoms with van der Waals surface area (Å²) in [6, 6.07) is 9.61. The average molecular weight is 345 g/mol. The van der Waals surface area contributed by atoms with Crippen molar-refractivity contribution in [3.63, 3.8) is 0 Å². The van der Waals surface area contributed by atoms with Gasteiger partial charge in [-0.15, -0.1) is 12.4 Å². The molecule has 1 amide bonds. The van der Waals surface area contributed by atoms with Gasteiger partial charge >= 0.3 is 0 Å². The van der Waals surface area contributed by atoms with E-state index in [1.54, 1.807) is 24.5 Å². The number of rotatable bonds is 5. The molecule has 0 radical (unpaired) electrons. The molecule has 5 nitrogen and oxygen atoms in total. The number of imidazole rings is 1. The molecule has 0 unspecified atom stereocenters. The maximum atomic E-state index is 12.0. The zero-order valence-electron chi connectivity index (χ0n) is 13.7. The Kier molecular flexibility index (Phi) is 5.93. The maximum absolute atomic E-state index is 12.0. The number of halogens is 1. The summed E-state index contributed by atoms with van der Waals surface area (Å²) in [6.45, 7) is 4.83. The molecule has 0 aliphatic carbocycles. The Hall–Kier alpha value is -2.40. The maximum Gasteiger partial charge on any atom is 0.251 e. The van der Waals surface area contributed by atoms with Crippen LogP contribution in [0.4, 0.5) is 0 Å². The average Bonchev–Trinajstić information content (AvgIpc) is 2.99. The van der Waals surface area contributed by atoms with E-state index in [1.807, 2.05) is 6.07 Å². The number of hydrogen-bond acceptors (Lipinski definition) is 3. The van der Waals surface area contributed by atoms with Crippen molar-refractivity contribution in [2.75, 3.05) is 6.54 Å². The smallest absolute Gasteiger partial charge is 0.251 e. The minimum atomic E-state index is -0.0721. The number of benzene rings is 1. The number of amides is 1. The van der Waals surface area contributed by atoms with E-state index in [9.17, 15) is 4.79 Å². The van der Waals surface area contributed by atoms with E-state index in [0.717, 1.165) is 23.3 Å². The van der Waals surface area contributed by atoms with Gasteiger partial charge in [-0.3, -0.25) is 9.78 Å². The third-order valence-corrected chi connectivity index (χ3v) is 3.75. The van der Waals surface area contributed by atoms with E-state index in [4.69, 9.17) is 0 Å². The lowest BCUT2D eigenvalue weighted by atomic mass is 10.1. The number of pyridine rings is 1. The molecule has 2 N–H and O–H groups in total. The van der Waals surface area contributed by atoms with Gasteiger partial charge in [0.2, 0.25) is 0 Å². The predicted molar refractivity (Wildman–Crippen MR) is 97.7 cm³/mol. The highest BCUT2D eigenvalue weighted by atomic mass is 35.5. The normalized spacial score (nSPS) is 10.6. The Morgan fingerprint density at radius 3 is 2.67 bits per heavy atom. The second-order valence-corrected chi connectivity index (χ2v) is 5.87. The molecule has 0 aliphatic rings. The van der Waals surface area contributed by atoms with Gasteiger partial charge in [-0.1, -0.05) is 19.9 Å². The largest absolute Gasteiger partial charge is 0.352 e. The SMILES string of the molecule is CC(C)c1nc2ccc(CCNC(=O)c3ccncc3)cc2[nH]1.Cl. The fourth-order valence-corrected chi connectivity index (χ4v) is 2.43. The van der Waals surface area contributed by atoms with Crippen molar-refractivity contribution in [2.24, 2.45) is 0 Å². The minimum absolute atomic E-state index is 0. The van der Waals surface area contributed by atoms with Gasteiger partial charge in [-0.2, -0.15) is 0 Å². The van der Waals surface area contributed by atoms with Gasteiger partial charge in [-0.05, 0) is 36.2 Å². The number of aromatic nitrogens is 3. The van der Waals surface area contributed by atoms with Gasteiger partial charge in [0, 0.05) is 30.4 Å². The summed E-state index contributed by atoms with van der Waals surface area (Å²) >= 11 is 0. The van der Waals surface area contributed by atoms with Crippen LogP contribution in [0.25, 0.3) is 11.0 Å². The van der Waals surface area contributed by atoms with Gasteiger partial charge in [0.25, 0.3) is 5.91 Å². The molecule has 24 heavy (non-hydrogen) atoms. The first-order valence-corrected chi connectivity index (χ1v) is 7.80. The van der Waals surface area contributed by atoms with E-state index in [1.165, 1.54) is 5.56 Å². The van der Waals surface area contributed by atoms with Crippen molar-refractivity contribution in [2.45, 2.75) is 26.2 Å². The van der Waals surface area contributed by atoms with E-state index in [0.29, 0.717) is 18.0 Å². The number of fused-ring (bicyclic) bond motifs is 1. The molecule has 0 fully saturated rings. The lowest BCUT2D eigenvalue weighted by Gasteiger charge is -2.05. The summed E-state index contributed by atoms with van der Waals surface area (Å²) < 4.78 is 0. The Morgan fingerprint density at radius 2 is 1.96 bits per heavy atom. The summed E-state index contributed by atoms with van der Waals surface area (Å²) in [5.74, 6) is 1.31. The van der Waals surface area contributed by atoms with Crippen molar-refractivity contribution >= 4 is 29.3 Å². The standard InChI is InChI=1S/C18H20N4O.ClH/c1-12(2)17-21-15-4-3-13(11-16(15)22-17)5-10-20-18(23)14-6-8-19-9-7-14;/h3-4,6-9,11-12H,5,10H2,1-2H3,(H,20,23)(H,21,22);1H. The molecule has 0 saturated heterocycles. The van der Waals surface area contributed by atoms with Gasteiger partial charge in [0.15, 0.2) is 0 Å². The number of carbonyl (C=O) groups is 1. The molecule has 2 aromatic heterocycles. The van der Waals surface area contributed by atoms with Crippen molar-refractivity contribution in [1.82, 2.24) is 20.3 Å². The molecule has 0 bridgehead atoms. The monoisotopic (exact) mass is 344 g/mol. The first-order chi connectivity index (χ1) is 11.1. The number of carbonyl (C=O) groups excluding carboxylic acids is 1. The highest BCUT2D eigenvalue weighted by molar-refractivity contribution is 5.93. The predicted octanol–water partition coefficient (Wildman–Crippen LogP) is 3.48. The third-order valence-electron chi connectivity index (χ3n) is 3.75. The van der Waals surface area contributed by atoms with Crippen LogP contribution in [0.1, 0.15) is 41.5 Å². The van der Waals surface area contributed by atoms with Crippen LogP contribution < -0.4 is 5.32 Å². The van der Waals surface area contributed by atoms with Gasteiger partial charge in [-0.25, -0.2) is 4.98 Å². The van der Waals surface area contributed by atoms with Gasteiger partial charge in [0.05, 0.1) is 11.0 Å². The van der Waals surface area contributed by atoms with E-state index < -0.39 is 0 Å². The molecule has 3 aromatic rings. The summed E-state index contributed by atoms with van der Waals surface area (Å²) in [7, 11) is 0. The first-order valence-electron chi connectivity index (χ1n) is 7.80. The molecule has 0 spiro atoms. The third kappa shape index (κ3) is 4.11. The molecule has 2 heterocycles. The molecular formula is C18H21ClN4O. The van der Waals surface area contributed by atoms with Crippen molar-refractivity contribution in [1.29, 1.82) is 0 Å². The van der Waals surface area contributed by atoms with Crippen LogP contribution in [0.15, 0.2) is 42.7 Å². The van der Waals surface area contributed by atoms with Crippen LogP contribution in [0.2, 0.25) is 0 Å². The fourth-order valence-electron chi connectivity index (χ4n) is 2.43. The lowest BCUT2D eigenvalue weighted by Crippen LogP contribution is -2.25. The van der Waals surface area contributed by atoms with Crippen molar-refractivity contribution < 1.29 is 4.79 Å². The number of hydrogen-bond donors (Lipinski definition) is 2. The summed E-state index contributed by atoms with van der Waals surface area (Å²) in [5, 5.41) is 2.93. The number of H-pyrrole nitrogens is 1. The fraction of sp³-hybridized carbons (Fsp3) is 0.278. The van der Waals surface area contributed by atoms with E-state index in [-0.39, 0.29) is 18.3 Å². The van der Waals surface area contributed by atoms with Crippen molar-refractivity contribution in [3.05, 3.63) is 59.7 Å². The molecule has 3 rings (SSSR count). The van der Waals surface area contributed by atoms with Gasteiger partial charge in [0.1, 0.15) is 5.82 Å². The quantitative estimate of drug-likeness (QED) is 0.744. The van der Waals surface area contributed by atoms with Crippen LogP contribution in [0, 0.1) is 0 Å². The van der Waals surface area contributed by atoms with Crippen LogP contribution in [-0.2, 0) is 6.42 Å². The Morgan fingerprint density at radius 1 is 1.21 bits per heavy atom. The highest BCUT2D eigenvalue weighted by Crippen LogP contribution is 2.18. The van der Waals surface area contributed by atoms with Crippen LogP contribution in [-0.4, -0.2) is 27.4 Å². The molecule has 0 atom stereocenters.